The summed E-state index contributed by atoms with van der Waals surface area (Å²) in [5.41, 5.74) is 1.15. The highest BCUT2D eigenvalue weighted by molar-refractivity contribution is 5.82. The number of amides is 1. The second kappa shape index (κ2) is 8.12. The van der Waals surface area contributed by atoms with Crippen molar-refractivity contribution < 1.29 is 18.7 Å². The van der Waals surface area contributed by atoms with Crippen molar-refractivity contribution >= 4 is 16.9 Å². The fourth-order valence-corrected chi connectivity index (χ4v) is 3.14. The van der Waals surface area contributed by atoms with E-state index in [4.69, 9.17) is 8.83 Å². The first-order valence-electron chi connectivity index (χ1n) is 9.01. The Hall–Kier alpha value is -3.02. The van der Waals surface area contributed by atoms with Gasteiger partial charge in [-0.25, -0.2) is 4.79 Å². The Morgan fingerprint density at radius 3 is 2.81 bits per heavy atom. The number of fused-ring (bicyclic) bond motifs is 1. The minimum atomic E-state index is -0.468. The lowest BCUT2D eigenvalue weighted by Crippen LogP contribution is -2.33. The third-order valence-corrected chi connectivity index (χ3v) is 4.68. The summed E-state index contributed by atoms with van der Waals surface area (Å²) in [6.45, 7) is 3.78. The van der Waals surface area contributed by atoms with Gasteiger partial charge >= 0.3 is 5.63 Å². The van der Waals surface area contributed by atoms with Gasteiger partial charge in [-0.2, -0.15) is 0 Å². The van der Waals surface area contributed by atoms with Crippen LogP contribution in [-0.2, 0) is 17.6 Å². The monoisotopic (exact) mass is 369 g/mol. The number of phenolic OH excluding ortho intramolecular Hbond substituents is 1. The standard InChI is InChI=1S/C21H23NO5/c1-13(5-7-16-4-3-11-26-16)22-20(24)10-9-18-14(2)17-8-6-15(23)12-19(17)27-21(18)25/h3-4,6,8,11-13,23H,5,7,9-10H2,1-2H3,(H,22,24)/t13-/m0/s1. The van der Waals surface area contributed by atoms with Gasteiger partial charge in [0, 0.05) is 35.9 Å². The van der Waals surface area contributed by atoms with Gasteiger partial charge in [-0.1, -0.05) is 0 Å². The minimum absolute atomic E-state index is 0.0136. The lowest BCUT2D eigenvalue weighted by atomic mass is 10.0. The first-order chi connectivity index (χ1) is 12.9. The SMILES string of the molecule is Cc1c(CCC(=O)N[C@@H](C)CCc2ccco2)c(=O)oc2cc(O)ccc12. The number of hydrogen-bond donors (Lipinski definition) is 2. The molecule has 2 aromatic heterocycles. The van der Waals surface area contributed by atoms with E-state index in [9.17, 15) is 14.7 Å². The van der Waals surface area contributed by atoms with Crippen molar-refractivity contribution in [3.8, 4) is 5.75 Å². The van der Waals surface area contributed by atoms with Crippen LogP contribution in [0.3, 0.4) is 0 Å². The summed E-state index contributed by atoms with van der Waals surface area (Å²) >= 11 is 0. The average molecular weight is 369 g/mol. The highest BCUT2D eigenvalue weighted by Gasteiger charge is 2.14. The van der Waals surface area contributed by atoms with E-state index in [-0.39, 0.29) is 24.1 Å². The molecule has 0 aliphatic carbocycles. The van der Waals surface area contributed by atoms with Crippen molar-refractivity contribution in [1.29, 1.82) is 0 Å². The molecule has 0 saturated carbocycles. The number of hydrogen-bond acceptors (Lipinski definition) is 5. The summed E-state index contributed by atoms with van der Waals surface area (Å²) in [6.07, 6.45) is 3.69. The molecule has 0 aliphatic rings. The molecule has 0 fully saturated rings. The first kappa shape index (κ1) is 18.8. The average Bonchev–Trinajstić information content (AvgIpc) is 3.13. The van der Waals surface area contributed by atoms with Crippen molar-refractivity contribution in [3.05, 3.63) is 63.9 Å². The normalized spacial score (nSPS) is 12.2. The van der Waals surface area contributed by atoms with E-state index >= 15 is 0 Å². The Bertz CT molecular complexity index is 988. The van der Waals surface area contributed by atoms with Crippen LogP contribution in [0.5, 0.6) is 5.75 Å². The summed E-state index contributed by atoms with van der Waals surface area (Å²) in [6, 6.07) is 8.45. The van der Waals surface area contributed by atoms with E-state index in [2.05, 4.69) is 5.32 Å². The van der Waals surface area contributed by atoms with E-state index in [0.717, 1.165) is 29.6 Å². The van der Waals surface area contributed by atoms with E-state index in [0.29, 0.717) is 17.6 Å². The predicted molar refractivity (Wildman–Crippen MR) is 102 cm³/mol. The Labute approximate surface area is 156 Å². The predicted octanol–water partition coefficient (Wildman–Crippen LogP) is 3.47. The van der Waals surface area contributed by atoms with Crippen LogP contribution in [0.1, 0.15) is 36.7 Å². The number of aromatic hydroxyl groups is 1. The fraction of sp³-hybridized carbons (Fsp3) is 0.333. The number of benzene rings is 1. The van der Waals surface area contributed by atoms with Crippen LogP contribution in [0.4, 0.5) is 0 Å². The summed E-state index contributed by atoms with van der Waals surface area (Å²) in [4.78, 5) is 24.5. The summed E-state index contributed by atoms with van der Waals surface area (Å²) in [7, 11) is 0. The molecule has 2 N–H and O–H groups in total. The van der Waals surface area contributed by atoms with E-state index in [1.54, 1.807) is 18.4 Å². The van der Waals surface area contributed by atoms with Crippen LogP contribution in [-0.4, -0.2) is 17.1 Å². The maximum Gasteiger partial charge on any atom is 0.339 e. The van der Waals surface area contributed by atoms with Crippen molar-refractivity contribution in [2.45, 2.75) is 45.6 Å². The highest BCUT2D eigenvalue weighted by atomic mass is 16.4. The molecule has 6 nitrogen and oxygen atoms in total. The van der Waals surface area contributed by atoms with Gasteiger partial charge in [-0.3, -0.25) is 4.79 Å². The number of aryl methyl sites for hydroxylation is 2. The van der Waals surface area contributed by atoms with Crippen molar-refractivity contribution in [2.75, 3.05) is 0 Å². The first-order valence-corrected chi connectivity index (χ1v) is 9.01. The van der Waals surface area contributed by atoms with Gasteiger partial charge in [0.05, 0.1) is 6.26 Å². The van der Waals surface area contributed by atoms with Crippen LogP contribution in [0.2, 0.25) is 0 Å². The molecule has 27 heavy (non-hydrogen) atoms. The zero-order valence-corrected chi connectivity index (χ0v) is 15.5. The second-order valence-electron chi connectivity index (χ2n) is 6.76. The third kappa shape index (κ3) is 4.58. The molecule has 0 bridgehead atoms. The van der Waals surface area contributed by atoms with Gasteiger partial charge in [0.1, 0.15) is 17.1 Å². The fourth-order valence-electron chi connectivity index (χ4n) is 3.14. The zero-order valence-electron chi connectivity index (χ0n) is 15.5. The molecule has 2 heterocycles. The molecule has 1 aromatic carbocycles. The molecule has 0 radical (unpaired) electrons. The number of rotatable bonds is 7. The molecule has 0 aliphatic heterocycles. The molecule has 3 rings (SSSR count). The lowest BCUT2D eigenvalue weighted by Gasteiger charge is -2.13. The van der Waals surface area contributed by atoms with Crippen LogP contribution >= 0.6 is 0 Å². The largest absolute Gasteiger partial charge is 0.508 e. The summed E-state index contributed by atoms with van der Waals surface area (Å²) < 4.78 is 10.6. The van der Waals surface area contributed by atoms with Gasteiger partial charge in [0.25, 0.3) is 0 Å². The smallest absolute Gasteiger partial charge is 0.339 e. The Morgan fingerprint density at radius 2 is 2.07 bits per heavy atom. The van der Waals surface area contributed by atoms with Crippen molar-refractivity contribution in [2.24, 2.45) is 0 Å². The molecular weight excluding hydrogens is 346 g/mol. The summed E-state index contributed by atoms with van der Waals surface area (Å²) in [5.74, 6) is 0.832. The van der Waals surface area contributed by atoms with Crippen LogP contribution < -0.4 is 10.9 Å². The van der Waals surface area contributed by atoms with Gasteiger partial charge in [-0.05, 0) is 56.5 Å². The van der Waals surface area contributed by atoms with E-state index in [1.807, 2.05) is 26.0 Å². The Kier molecular flexibility index (Phi) is 5.64. The van der Waals surface area contributed by atoms with Gasteiger partial charge in [0.2, 0.25) is 5.91 Å². The summed E-state index contributed by atoms with van der Waals surface area (Å²) in [5, 5.41) is 13.2. The molecule has 0 saturated heterocycles. The molecule has 0 unspecified atom stereocenters. The number of phenols is 1. The minimum Gasteiger partial charge on any atom is -0.508 e. The van der Waals surface area contributed by atoms with Crippen molar-refractivity contribution in [1.82, 2.24) is 5.32 Å². The zero-order chi connectivity index (χ0) is 19.4. The second-order valence-corrected chi connectivity index (χ2v) is 6.76. The van der Waals surface area contributed by atoms with E-state index < -0.39 is 5.63 Å². The third-order valence-electron chi connectivity index (χ3n) is 4.68. The number of carbonyl (C=O) groups excluding carboxylic acids is 1. The Morgan fingerprint density at radius 1 is 1.26 bits per heavy atom. The number of furan rings is 1. The molecular formula is C21H23NO5. The maximum atomic E-state index is 12.2. The van der Waals surface area contributed by atoms with Gasteiger partial charge in [0.15, 0.2) is 0 Å². The maximum absolute atomic E-state index is 12.2. The highest BCUT2D eigenvalue weighted by Crippen LogP contribution is 2.23. The number of carbonyl (C=O) groups is 1. The Balaban J connectivity index is 1.60. The molecule has 1 amide bonds. The van der Waals surface area contributed by atoms with Crippen LogP contribution in [0, 0.1) is 6.92 Å². The molecule has 1 atom stereocenters. The van der Waals surface area contributed by atoms with Gasteiger partial charge in [-0.15, -0.1) is 0 Å². The number of nitrogens with one attached hydrogen (secondary N) is 1. The molecule has 6 heteroatoms. The van der Waals surface area contributed by atoms with E-state index in [1.165, 1.54) is 6.07 Å². The van der Waals surface area contributed by atoms with Gasteiger partial charge < -0.3 is 19.3 Å². The lowest BCUT2D eigenvalue weighted by molar-refractivity contribution is -0.121. The molecule has 0 spiro atoms. The quantitative estimate of drug-likeness (QED) is 0.622. The van der Waals surface area contributed by atoms with Crippen LogP contribution in [0.25, 0.3) is 11.0 Å². The topological polar surface area (TPSA) is 92.7 Å². The molecule has 142 valence electrons. The van der Waals surface area contributed by atoms with Crippen molar-refractivity contribution in [3.63, 3.8) is 0 Å². The molecule has 3 aromatic rings. The van der Waals surface area contributed by atoms with Crippen LogP contribution in [0.15, 0.2) is 50.2 Å².